The van der Waals surface area contributed by atoms with Crippen LogP contribution in [0.25, 0.3) is 0 Å². The molecule has 27 heavy (non-hydrogen) atoms. The summed E-state index contributed by atoms with van der Waals surface area (Å²) in [5.74, 6) is -1.25. The fourth-order valence-corrected chi connectivity index (χ4v) is 6.10. The van der Waals surface area contributed by atoms with Crippen molar-refractivity contribution >= 4 is 27.6 Å². The molecule has 0 bridgehead atoms. The van der Waals surface area contributed by atoms with Crippen LogP contribution in [0.4, 0.5) is 0 Å². The first-order valence-corrected chi connectivity index (χ1v) is 11.2. The molecule has 0 spiro atoms. The molecule has 0 radical (unpaired) electrons. The highest BCUT2D eigenvalue weighted by molar-refractivity contribution is 7.99. The molecule has 5 nitrogen and oxygen atoms in total. The van der Waals surface area contributed by atoms with E-state index in [1.165, 1.54) is 23.9 Å². The SMILES string of the molecule is CCN1CCC(C(=O)O)(S(=O)(=O)c2ccc(Sc3ccccc3)cc2)CC1. The van der Waals surface area contributed by atoms with Crippen molar-refractivity contribution in [3.63, 3.8) is 0 Å². The number of piperidine rings is 1. The Labute approximate surface area is 164 Å². The predicted molar refractivity (Wildman–Crippen MR) is 106 cm³/mol. The number of carboxylic acids is 1. The van der Waals surface area contributed by atoms with E-state index in [2.05, 4.69) is 4.90 Å². The van der Waals surface area contributed by atoms with Crippen LogP contribution in [-0.4, -0.2) is 48.8 Å². The lowest BCUT2D eigenvalue weighted by atomic mass is 9.96. The van der Waals surface area contributed by atoms with E-state index in [1.54, 1.807) is 12.1 Å². The van der Waals surface area contributed by atoms with Crippen molar-refractivity contribution in [1.29, 1.82) is 0 Å². The summed E-state index contributed by atoms with van der Waals surface area (Å²) in [4.78, 5) is 16.1. The molecule has 1 aliphatic rings. The van der Waals surface area contributed by atoms with Crippen LogP contribution in [0.1, 0.15) is 19.8 Å². The van der Waals surface area contributed by atoms with Crippen LogP contribution in [0, 0.1) is 0 Å². The summed E-state index contributed by atoms with van der Waals surface area (Å²) in [6, 6.07) is 16.3. The highest BCUT2D eigenvalue weighted by Crippen LogP contribution is 2.37. The molecule has 144 valence electrons. The minimum absolute atomic E-state index is 0.0762. The van der Waals surface area contributed by atoms with E-state index in [0.29, 0.717) is 13.1 Å². The molecule has 0 unspecified atom stereocenters. The zero-order chi connectivity index (χ0) is 19.5. The molecule has 0 atom stereocenters. The number of hydrogen-bond donors (Lipinski definition) is 1. The molecule has 1 heterocycles. The van der Waals surface area contributed by atoms with E-state index in [1.807, 2.05) is 37.3 Å². The van der Waals surface area contributed by atoms with Gasteiger partial charge in [0.25, 0.3) is 0 Å². The molecule has 0 aromatic heterocycles. The molecule has 0 aliphatic carbocycles. The zero-order valence-corrected chi connectivity index (χ0v) is 16.8. The average molecular weight is 406 g/mol. The Kier molecular flexibility index (Phi) is 5.93. The number of aliphatic carboxylic acids is 1. The van der Waals surface area contributed by atoms with E-state index in [0.717, 1.165) is 16.3 Å². The van der Waals surface area contributed by atoms with Crippen molar-refractivity contribution < 1.29 is 18.3 Å². The first-order chi connectivity index (χ1) is 12.9. The first kappa shape index (κ1) is 19.9. The fraction of sp³-hybridized carbons (Fsp3) is 0.350. The first-order valence-electron chi connectivity index (χ1n) is 8.92. The second-order valence-corrected chi connectivity index (χ2v) is 10.0. The van der Waals surface area contributed by atoms with Gasteiger partial charge in [0, 0.05) is 22.9 Å². The summed E-state index contributed by atoms with van der Waals surface area (Å²) in [6.45, 7) is 3.74. The molecule has 1 N–H and O–H groups in total. The Bertz CT molecular complexity index is 887. The topological polar surface area (TPSA) is 74.7 Å². The summed E-state index contributed by atoms with van der Waals surface area (Å²) in [6.07, 6.45) is 0.220. The quantitative estimate of drug-likeness (QED) is 0.792. The maximum Gasteiger partial charge on any atom is 0.325 e. The molecule has 2 aromatic rings. The van der Waals surface area contributed by atoms with Gasteiger partial charge in [0.05, 0.1) is 4.90 Å². The van der Waals surface area contributed by atoms with Gasteiger partial charge in [0.2, 0.25) is 0 Å². The summed E-state index contributed by atoms with van der Waals surface area (Å²) in [5.41, 5.74) is 0. The minimum atomic E-state index is -3.98. The Hall–Kier alpha value is -1.83. The third-order valence-electron chi connectivity index (χ3n) is 5.13. The van der Waals surface area contributed by atoms with Gasteiger partial charge in [-0.2, -0.15) is 0 Å². The number of benzene rings is 2. The molecule has 3 rings (SSSR count). The van der Waals surface area contributed by atoms with Gasteiger partial charge in [-0.15, -0.1) is 0 Å². The predicted octanol–water partition coefficient (Wildman–Crippen LogP) is 3.55. The van der Waals surface area contributed by atoms with Gasteiger partial charge in [-0.1, -0.05) is 36.9 Å². The Balaban J connectivity index is 1.86. The summed E-state index contributed by atoms with van der Waals surface area (Å²) < 4.78 is 24.7. The number of likely N-dealkylation sites (tertiary alicyclic amines) is 1. The molecule has 0 saturated carbocycles. The van der Waals surface area contributed by atoms with Crippen molar-refractivity contribution in [2.24, 2.45) is 0 Å². The van der Waals surface area contributed by atoms with Crippen LogP contribution in [0.2, 0.25) is 0 Å². The second-order valence-electron chi connectivity index (χ2n) is 6.62. The van der Waals surface area contributed by atoms with Gasteiger partial charge in [0.15, 0.2) is 14.6 Å². The Morgan fingerprint density at radius 3 is 2.11 bits per heavy atom. The molecule has 2 aromatic carbocycles. The summed E-state index contributed by atoms with van der Waals surface area (Å²) in [7, 11) is -3.98. The number of nitrogens with zero attached hydrogens (tertiary/aromatic N) is 1. The number of rotatable bonds is 6. The maximum absolute atomic E-state index is 13.2. The number of sulfone groups is 1. The molecule has 7 heteroatoms. The molecule has 1 saturated heterocycles. The summed E-state index contributed by atoms with van der Waals surface area (Å²) >= 11 is 1.53. The van der Waals surface area contributed by atoms with E-state index < -0.39 is 20.6 Å². The second kappa shape index (κ2) is 8.04. The summed E-state index contributed by atoms with van der Waals surface area (Å²) in [5, 5.41) is 9.79. The van der Waals surface area contributed by atoms with Crippen molar-refractivity contribution in [2.45, 2.75) is 39.2 Å². The third-order valence-corrected chi connectivity index (χ3v) is 8.65. The third kappa shape index (κ3) is 3.90. The van der Waals surface area contributed by atoms with Crippen LogP contribution in [0.5, 0.6) is 0 Å². The van der Waals surface area contributed by atoms with Crippen LogP contribution in [0.3, 0.4) is 0 Å². The molecular formula is C20H23NO4S2. The molecule has 0 amide bonds. The lowest BCUT2D eigenvalue weighted by Crippen LogP contribution is -2.54. The van der Waals surface area contributed by atoms with E-state index in [-0.39, 0.29) is 17.7 Å². The normalized spacial score (nSPS) is 17.5. The van der Waals surface area contributed by atoms with E-state index >= 15 is 0 Å². The largest absolute Gasteiger partial charge is 0.480 e. The van der Waals surface area contributed by atoms with Gasteiger partial charge in [0.1, 0.15) is 0 Å². The maximum atomic E-state index is 13.2. The zero-order valence-electron chi connectivity index (χ0n) is 15.2. The van der Waals surface area contributed by atoms with Crippen LogP contribution in [0.15, 0.2) is 69.3 Å². The van der Waals surface area contributed by atoms with Crippen LogP contribution < -0.4 is 0 Å². The lowest BCUT2D eigenvalue weighted by Gasteiger charge is -2.37. The standard InChI is InChI=1S/C20H23NO4S2/c1-2-21-14-12-20(13-15-21,19(22)23)27(24,25)18-10-8-17(9-11-18)26-16-6-4-3-5-7-16/h3-11H,2,12-15H2,1H3,(H,22,23). The Morgan fingerprint density at radius 2 is 1.59 bits per heavy atom. The molecule has 1 fully saturated rings. The smallest absolute Gasteiger partial charge is 0.325 e. The van der Waals surface area contributed by atoms with E-state index in [4.69, 9.17) is 0 Å². The monoisotopic (exact) mass is 405 g/mol. The molecular weight excluding hydrogens is 382 g/mol. The average Bonchev–Trinajstić information content (AvgIpc) is 2.69. The number of hydrogen-bond acceptors (Lipinski definition) is 5. The van der Waals surface area contributed by atoms with Crippen molar-refractivity contribution in [3.8, 4) is 0 Å². The molecule has 1 aliphatic heterocycles. The van der Waals surface area contributed by atoms with Gasteiger partial charge in [-0.25, -0.2) is 8.42 Å². The van der Waals surface area contributed by atoms with Crippen LogP contribution in [-0.2, 0) is 14.6 Å². The van der Waals surface area contributed by atoms with Gasteiger partial charge < -0.3 is 10.0 Å². The van der Waals surface area contributed by atoms with E-state index in [9.17, 15) is 18.3 Å². The number of carboxylic acid groups (broad SMARTS) is 1. The van der Waals surface area contributed by atoms with Gasteiger partial charge in [-0.05, 0) is 55.8 Å². The Morgan fingerprint density at radius 1 is 1.04 bits per heavy atom. The van der Waals surface area contributed by atoms with Crippen molar-refractivity contribution in [1.82, 2.24) is 4.90 Å². The van der Waals surface area contributed by atoms with Crippen molar-refractivity contribution in [3.05, 3.63) is 54.6 Å². The fourth-order valence-electron chi connectivity index (χ4n) is 3.37. The van der Waals surface area contributed by atoms with Crippen LogP contribution >= 0.6 is 11.8 Å². The van der Waals surface area contributed by atoms with Gasteiger partial charge in [-0.3, -0.25) is 4.79 Å². The lowest BCUT2D eigenvalue weighted by molar-refractivity contribution is -0.141. The van der Waals surface area contributed by atoms with Crippen molar-refractivity contribution in [2.75, 3.05) is 19.6 Å². The van der Waals surface area contributed by atoms with Gasteiger partial charge >= 0.3 is 5.97 Å². The highest BCUT2D eigenvalue weighted by atomic mass is 32.2. The highest BCUT2D eigenvalue weighted by Gasteiger charge is 2.53. The number of carbonyl (C=O) groups is 1. The minimum Gasteiger partial charge on any atom is -0.480 e.